The molecule has 0 aromatic carbocycles. The minimum atomic E-state index is -0.286. The molecule has 0 aliphatic carbocycles. The van der Waals surface area contributed by atoms with Crippen LogP contribution in [0.25, 0.3) is 0 Å². The lowest BCUT2D eigenvalue weighted by Crippen LogP contribution is -2.14. The molecule has 84 valence electrons. The first kappa shape index (κ1) is 11.8. The highest BCUT2D eigenvalue weighted by atomic mass is 16.5. The maximum atomic E-state index is 11.5. The van der Waals surface area contributed by atoms with E-state index in [1.165, 1.54) is 0 Å². The molecule has 1 aromatic rings. The van der Waals surface area contributed by atoms with E-state index in [0.717, 1.165) is 0 Å². The average Bonchev–Trinajstić information content (AvgIpc) is 2.64. The molecule has 0 amide bonds. The quantitative estimate of drug-likeness (QED) is 0.695. The minimum Gasteiger partial charge on any atom is -0.461 e. The first-order valence-electron chi connectivity index (χ1n) is 4.96. The van der Waals surface area contributed by atoms with E-state index in [-0.39, 0.29) is 12.1 Å². The smallest absolute Gasteiger partial charge is 0.354 e. The summed E-state index contributed by atoms with van der Waals surface area (Å²) >= 11 is 0. The minimum absolute atomic E-state index is 0.117. The SMILES string of the molecule is COC(C)CCOC(=O)c1cccn1C. The zero-order chi connectivity index (χ0) is 11.3. The molecule has 0 bridgehead atoms. The van der Waals surface area contributed by atoms with Gasteiger partial charge in [-0.05, 0) is 19.1 Å². The van der Waals surface area contributed by atoms with Gasteiger partial charge in [-0.25, -0.2) is 4.79 Å². The molecule has 1 unspecified atom stereocenters. The Kier molecular flexibility index (Phi) is 4.37. The number of aryl methyl sites for hydroxylation is 1. The summed E-state index contributed by atoms with van der Waals surface area (Å²) in [5.41, 5.74) is 0.570. The Hall–Kier alpha value is -1.29. The second-order valence-electron chi connectivity index (χ2n) is 3.48. The highest BCUT2D eigenvalue weighted by Crippen LogP contribution is 2.03. The van der Waals surface area contributed by atoms with Crippen LogP contribution in [0.1, 0.15) is 23.8 Å². The van der Waals surface area contributed by atoms with Gasteiger partial charge in [0.2, 0.25) is 0 Å². The third kappa shape index (κ3) is 3.40. The molecule has 1 heterocycles. The van der Waals surface area contributed by atoms with Crippen molar-refractivity contribution in [2.24, 2.45) is 7.05 Å². The Bertz CT molecular complexity index is 319. The number of hydrogen-bond donors (Lipinski definition) is 0. The molecule has 0 fully saturated rings. The maximum absolute atomic E-state index is 11.5. The highest BCUT2D eigenvalue weighted by molar-refractivity contribution is 5.87. The maximum Gasteiger partial charge on any atom is 0.354 e. The zero-order valence-electron chi connectivity index (χ0n) is 9.40. The number of esters is 1. The summed E-state index contributed by atoms with van der Waals surface area (Å²) in [7, 11) is 3.46. The van der Waals surface area contributed by atoms with E-state index in [9.17, 15) is 4.79 Å². The number of rotatable bonds is 5. The number of methoxy groups -OCH3 is 1. The molecule has 0 saturated carbocycles. The molecule has 0 aliphatic rings. The van der Waals surface area contributed by atoms with Crippen LogP contribution < -0.4 is 0 Å². The van der Waals surface area contributed by atoms with E-state index < -0.39 is 0 Å². The van der Waals surface area contributed by atoms with Crippen molar-refractivity contribution in [3.8, 4) is 0 Å². The molecule has 0 N–H and O–H groups in total. The molecule has 0 aliphatic heterocycles. The zero-order valence-corrected chi connectivity index (χ0v) is 9.40. The summed E-state index contributed by atoms with van der Waals surface area (Å²) in [6, 6.07) is 3.55. The molecule has 0 spiro atoms. The van der Waals surface area contributed by atoms with E-state index in [1.807, 2.05) is 26.2 Å². The van der Waals surface area contributed by atoms with Crippen LogP contribution in [0.4, 0.5) is 0 Å². The molecule has 0 radical (unpaired) electrons. The van der Waals surface area contributed by atoms with Crippen LogP contribution in [0, 0.1) is 0 Å². The standard InChI is InChI=1S/C11H17NO3/c1-9(14-3)6-8-15-11(13)10-5-4-7-12(10)2/h4-5,7,9H,6,8H2,1-3H3. The van der Waals surface area contributed by atoms with Crippen molar-refractivity contribution >= 4 is 5.97 Å². The Balaban J connectivity index is 2.34. The van der Waals surface area contributed by atoms with Gasteiger partial charge in [0.15, 0.2) is 0 Å². The lowest BCUT2D eigenvalue weighted by Gasteiger charge is -2.09. The second kappa shape index (κ2) is 5.56. The topological polar surface area (TPSA) is 40.5 Å². The number of hydrogen-bond acceptors (Lipinski definition) is 3. The van der Waals surface area contributed by atoms with Crippen molar-refractivity contribution in [1.82, 2.24) is 4.57 Å². The van der Waals surface area contributed by atoms with Crippen molar-refractivity contribution in [3.63, 3.8) is 0 Å². The summed E-state index contributed by atoms with van der Waals surface area (Å²) in [6.07, 6.45) is 2.65. The summed E-state index contributed by atoms with van der Waals surface area (Å²) < 4.78 is 11.9. The summed E-state index contributed by atoms with van der Waals surface area (Å²) in [5, 5.41) is 0. The fourth-order valence-electron chi connectivity index (χ4n) is 1.18. The van der Waals surface area contributed by atoms with E-state index in [1.54, 1.807) is 17.7 Å². The predicted octanol–water partition coefficient (Wildman–Crippen LogP) is 1.61. The number of aromatic nitrogens is 1. The fourth-order valence-corrected chi connectivity index (χ4v) is 1.18. The highest BCUT2D eigenvalue weighted by Gasteiger charge is 2.10. The Morgan fingerprint density at radius 2 is 2.33 bits per heavy atom. The molecular formula is C11H17NO3. The number of ether oxygens (including phenoxy) is 2. The monoisotopic (exact) mass is 211 g/mol. The average molecular weight is 211 g/mol. The molecule has 15 heavy (non-hydrogen) atoms. The van der Waals surface area contributed by atoms with Gasteiger partial charge in [0.1, 0.15) is 5.69 Å². The number of nitrogens with zero attached hydrogens (tertiary/aromatic N) is 1. The van der Waals surface area contributed by atoms with Gasteiger partial charge in [0.25, 0.3) is 0 Å². The third-order valence-electron chi connectivity index (χ3n) is 2.31. The van der Waals surface area contributed by atoms with Gasteiger partial charge in [0.05, 0.1) is 12.7 Å². The van der Waals surface area contributed by atoms with E-state index in [2.05, 4.69) is 0 Å². The second-order valence-corrected chi connectivity index (χ2v) is 3.48. The Labute approximate surface area is 89.8 Å². The van der Waals surface area contributed by atoms with Crippen molar-refractivity contribution in [1.29, 1.82) is 0 Å². The van der Waals surface area contributed by atoms with Crippen molar-refractivity contribution < 1.29 is 14.3 Å². The van der Waals surface area contributed by atoms with Crippen LogP contribution in [0.2, 0.25) is 0 Å². The molecule has 0 saturated heterocycles. The van der Waals surface area contributed by atoms with Crippen LogP contribution in [0.5, 0.6) is 0 Å². The van der Waals surface area contributed by atoms with Crippen molar-refractivity contribution in [2.45, 2.75) is 19.4 Å². The third-order valence-corrected chi connectivity index (χ3v) is 2.31. The van der Waals surface area contributed by atoms with Gasteiger partial charge in [-0.1, -0.05) is 0 Å². The lowest BCUT2D eigenvalue weighted by atomic mass is 10.3. The van der Waals surface area contributed by atoms with Crippen LogP contribution in [0.15, 0.2) is 18.3 Å². The molecule has 1 rings (SSSR count). The van der Waals surface area contributed by atoms with E-state index >= 15 is 0 Å². The first-order chi connectivity index (χ1) is 7.15. The lowest BCUT2D eigenvalue weighted by molar-refractivity contribution is 0.0381. The fraction of sp³-hybridized carbons (Fsp3) is 0.545. The van der Waals surface area contributed by atoms with E-state index in [0.29, 0.717) is 18.7 Å². The molecule has 1 atom stereocenters. The molecule has 4 nitrogen and oxygen atoms in total. The first-order valence-corrected chi connectivity index (χ1v) is 4.96. The van der Waals surface area contributed by atoms with Gasteiger partial charge in [0, 0.05) is 26.8 Å². The molecule has 4 heteroatoms. The largest absolute Gasteiger partial charge is 0.461 e. The summed E-state index contributed by atoms with van der Waals surface area (Å²) in [5.74, 6) is -0.286. The summed E-state index contributed by atoms with van der Waals surface area (Å²) in [4.78, 5) is 11.5. The van der Waals surface area contributed by atoms with Gasteiger partial charge in [-0.3, -0.25) is 0 Å². The van der Waals surface area contributed by atoms with Crippen LogP contribution >= 0.6 is 0 Å². The van der Waals surface area contributed by atoms with E-state index in [4.69, 9.17) is 9.47 Å². The van der Waals surface area contributed by atoms with Crippen LogP contribution in [-0.2, 0) is 16.5 Å². The molecule has 1 aromatic heterocycles. The number of carbonyl (C=O) groups excluding carboxylic acids is 1. The van der Waals surface area contributed by atoms with Gasteiger partial charge in [-0.15, -0.1) is 0 Å². The Morgan fingerprint density at radius 3 is 2.87 bits per heavy atom. The summed E-state index contributed by atoms with van der Waals surface area (Å²) in [6.45, 7) is 2.33. The van der Waals surface area contributed by atoms with Crippen LogP contribution in [-0.4, -0.2) is 30.4 Å². The number of carbonyl (C=O) groups is 1. The molecular weight excluding hydrogens is 194 g/mol. The van der Waals surface area contributed by atoms with Crippen LogP contribution in [0.3, 0.4) is 0 Å². The predicted molar refractivity (Wildman–Crippen MR) is 56.8 cm³/mol. The van der Waals surface area contributed by atoms with Gasteiger partial charge < -0.3 is 14.0 Å². The van der Waals surface area contributed by atoms with Gasteiger partial charge in [-0.2, -0.15) is 0 Å². The van der Waals surface area contributed by atoms with Gasteiger partial charge >= 0.3 is 5.97 Å². The normalized spacial score (nSPS) is 12.5. The van der Waals surface area contributed by atoms with Crippen molar-refractivity contribution in [3.05, 3.63) is 24.0 Å². The Morgan fingerprint density at radius 1 is 1.60 bits per heavy atom. The van der Waals surface area contributed by atoms with Crippen molar-refractivity contribution in [2.75, 3.05) is 13.7 Å².